The van der Waals surface area contributed by atoms with Crippen molar-refractivity contribution in [2.75, 3.05) is 13.5 Å². The summed E-state index contributed by atoms with van der Waals surface area (Å²) in [7, 11) is 0. The van der Waals surface area contributed by atoms with E-state index in [9.17, 15) is 20.0 Å². The van der Waals surface area contributed by atoms with Gasteiger partial charge in [-0.25, -0.2) is 0 Å². The molecule has 0 heterocycles. The van der Waals surface area contributed by atoms with Gasteiger partial charge in [0.2, 0.25) is 0 Å². The monoisotopic (exact) mass is 2240 g/mol. The minimum atomic E-state index is -1.12. The average molecular weight is 2240 g/mol. The van der Waals surface area contributed by atoms with Gasteiger partial charge in [0.05, 0.1) is 0 Å². The number of esters is 1. The quantitative estimate of drug-likeness (QED) is 0.0711. The molecule has 2 aromatic rings. The number of phenols is 1. The molecule has 3 radical (unpaired) electrons. The molecule has 0 fully saturated rings. The zero-order chi connectivity index (χ0) is 27.1. The Hall–Kier alpha value is -1.94. The Morgan fingerprint density at radius 3 is 1.57 bits per heavy atom. The molecule has 2 aromatic carbocycles. The number of ether oxygens (including phenoxy) is 3. The molecule has 0 aromatic heterocycles. The van der Waals surface area contributed by atoms with E-state index in [0.717, 1.165) is 11.1 Å². The smallest absolute Gasteiger partial charge is 0 e. The van der Waals surface area contributed by atoms with Crippen molar-refractivity contribution < 1.29 is 100 Å². The molecule has 231 valence electrons. The fourth-order valence-electron chi connectivity index (χ4n) is 2.33. The molecule has 2 rings (SSSR count). The number of rotatable bonds is 8. The van der Waals surface area contributed by atoms with Gasteiger partial charge in [-0.05, 0) is 87.7 Å². The van der Waals surface area contributed by atoms with Gasteiger partial charge in [-0.1, -0.05) is 0 Å². The Bertz CT molecular complexity index is 1010. The van der Waals surface area contributed by atoms with Gasteiger partial charge in [-0.3, -0.25) is 4.79 Å². The largest absolute Gasteiger partial charge is 0 e. The van der Waals surface area contributed by atoms with Crippen molar-refractivity contribution in [3.05, 3.63) is 82.1 Å². The van der Waals surface area contributed by atoms with Crippen LogP contribution in [0.4, 0.5) is 0 Å². The first-order valence-electron chi connectivity index (χ1n) is 9.42. The van der Waals surface area contributed by atoms with E-state index in [1.54, 1.807) is 39.0 Å². The maximum Gasteiger partial charge on any atom is 0 e. The molecule has 3 N–H and O–H groups in total. The molecule has 0 atom stereocenters. The summed E-state index contributed by atoms with van der Waals surface area (Å²) in [5.41, 5.74) is 16.7. The molecule has 0 saturated carbocycles. The predicted molar refractivity (Wildman–Crippen MR) is 160 cm³/mol. The second-order valence-corrected chi connectivity index (χ2v) is 41.8. The van der Waals surface area contributed by atoms with Gasteiger partial charge in [0.25, 0.3) is 5.09 Å². The van der Waals surface area contributed by atoms with Crippen LogP contribution in [0.15, 0.2) is 24.3 Å². The maximum absolute atomic E-state index is 11.2. The van der Waals surface area contributed by atoms with Crippen molar-refractivity contribution >= 4 is 65.9 Å². The summed E-state index contributed by atoms with van der Waals surface area (Å²) in [5, 5.41) is 18.1. The van der Waals surface area contributed by atoms with Crippen molar-refractivity contribution in [1.29, 1.82) is 0 Å². The number of benzene rings is 2. The van der Waals surface area contributed by atoms with E-state index < -0.39 is 11.1 Å². The van der Waals surface area contributed by atoms with E-state index in [1.807, 2.05) is 6.92 Å². The van der Waals surface area contributed by atoms with Gasteiger partial charge in [-0.2, -0.15) is 0 Å². The van der Waals surface area contributed by atoms with Gasteiger partial charge in [0, 0.05) is 61.3 Å². The number of nitrogens with one attached hydrogen (secondary N) is 2. The SMILES string of the molecule is Cc1cc(OC(=O)[CH-]O[N+](=O)[O-])c(C)cc1OC[NH-].Cc1cc(OC[NH-])c(C)cc1O.[CH3-].[I][V]([I])[I].[Re].[Re].[Re].[Rf].[Rf].[Rf]. The molecule has 11 nitrogen and oxygen atoms in total. The third-order valence-electron chi connectivity index (χ3n) is 3.87. The van der Waals surface area contributed by atoms with Crippen LogP contribution in [0, 0.1) is 51.8 Å². The number of phenolic OH excluding ortho intramolecular Hbond substituents is 1. The molecule has 0 saturated heterocycles. The minimum absolute atomic E-state index is 0. The van der Waals surface area contributed by atoms with Crippen LogP contribution in [0.2, 0.25) is 0 Å². The standard InChI is InChI=1S/C11H12N2O6.C9H12NO2.CH3.3HI.3Re.3Rf.V/c1-7-4-10(8(2)3-9(7)17-6-12)19-11(14)5-18-13(15)16;1-6-4-9(12-5-10)7(2)3-8(6)11;;;;;;;;;;;/h3-5,12H,6H2,1-2H3;3-4,10-11H,5H2,1-2H3;1H3;3*1H;;;;;;;/q-2;2*-1;;;;;;;;;;+3/p-3. The fraction of sp³-hybridized carbons (Fsp3) is 0.286. The number of halogens is 3. The Kier molecular flexibility index (Phi) is 45.3. The summed E-state index contributed by atoms with van der Waals surface area (Å²) in [5.74, 6) is 0.694. The normalized spacial score (nSPS) is 8.05. The van der Waals surface area contributed by atoms with E-state index >= 15 is 0 Å². The van der Waals surface area contributed by atoms with E-state index in [0.29, 0.717) is 29.2 Å². The molecule has 0 amide bonds. The summed E-state index contributed by atoms with van der Waals surface area (Å²) >= 11 is 7.39. The van der Waals surface area contributed by atoms with E-state index in [1.165, 1.54) is 6.07 Å². The number of hydrogen-bond donors (Lipinski definition) is 1. The van der Waals surface area contributed by atoms with Crippen LogP contribution in [0.1, 0.15) is 22.3 Å². The zero-order valence-corrected chi connectivity index (χ0v) is 58.6. The van der Waals surface area contributed by atoms with E-state index in [4.69, 9.17) is 25.7 Å². The molecule has 0 aliphatic rings. The van der Waals surface area contributed by atoms with Crippen LogP contribution < -0.4 is 14.2 Å². The molecule has 42 heavy (non-hydrogen) atoms. The third kappa shape index (κ3) is 25.7. The van der Waals surface area contributed by atoms with E-state index in [2.05, 4.69) is 64.8 Å². The first-order valence-corrected chi connectivity index (χ1v) is 22.9. The van der Waals surface area contributed by atoms with Crippen molar-refractivity contribution in [2.24, 2.45) is 0 Å². The van der Waals surface area contributed by atoms with Crippen LogP contribution >= 0.6 is 59.9 Å². The van der Waals surface area contributed by atoms with Gasteiger partial charge < -0.3 is 43.0 Å². The molecule has 0 bridgehead atoms. The molecular formula is C21H27I3N3O8Re3Rf3V-4. The van der Waals surface area contributed by atoms with Crippen LogP contribution in [-0.2, 0) is 75.8 Å². The summed E-state index contributed by atoms with van der Waals surface area (Å²) in [6.07, 6.45) is 0. The van der Waals surface area contributed by atoms with Crippen molar-refractivity contribution in [2.45, 2.75) is 27.7 Å². The van der Waals surface area contributed by atoms with Crippen molar-refractivity contribution in [3.8, 4) is 23.0 Å². The molecule has 21 heteroatoms. The summed E-state index contributed by atoms with van der Waals surface area (Å²) in [4.78, 5) is 24.6. The van der Waals surface area contributed by atoms with Crippen molar-refractivity contribution in [1.82, 2.24) is 0 Å². The van der Waals surface area contributed by atoms with Gasteiger partial charge >= 0.3 is 64.9 Å². The Morgan fingerprint density at radius 1 is 0.857 bits per heavy atom. The molecule has 0 aliphatic heterocycles. The minimum Gasteiger partial charge on any atom is 0 e. The molecule has 0 aliphatic carbocycles. The molecule has 0 spiro atoms. The van der Waals surface area contributed by atoms with Gasteiger partial charge in [-0.15, -0.1) is 16.7 Å². The summed E-state index contributed by atoms with van der Waals surface area (Å²) < 4.78 is 15.0. The second kappa shape index (κ2) is 32.0. The van der Waals surface area contributed by atoms with Crippen molar-refractivity contribution in [3.63, 3.8) is 0 Å². The number of nitrogens with zero attached hydrogens (tertiary/aromatic N) is 1. The Labute approximate surface area is 308 Å². The number of hydrogen-bond acceptors (Lipinski definition) is 8. The van der Waals surface area contributed by atoms with Crippen LogP contribution in [0.5, 0.6) is 23.0 Å². The Balaban J connectivity index is -0.0000000740. The van der Waals surface area contributed by atoms with Crippen LogP contribution in [-0.4, -0.2) is 29.6 Å². The van der Waals surface area contributed by atoms with Gasteiger partial charge in [0.1, 0.15) is 23.0 Å². The number of carbonyl (C=O) groups is 1. The predicted octanol–water partition coefficient (Wildman–Crippen LogP) is 7.46. The molecular weight excluding hydrogens is 2210 g/mol. The second-order valence-electron chi connectivity index (χ2n) is 6.42. The number of carbonyl (C=O) groups excluding carboxylic acids is 1. The third-order valence-corrected chi connectivity index (χ3v) is 3.87. The zero-order valence-electron chi connectivity index (χ0n) is 23.4. The van der Waals surface area contributed by atoms with E-state index in [-0.39, 0.29) is 98.6 Å². The summed E-state index contributed by atoms with van der Waals surface area (Å²) in [6.45, 7) is 7.08. The van der Waals surface area contributed by atoms with Gasteiger partial charge in [0.15, 0.2) is 5.97 Å². The average Bonchev–Trinajstić information content (AvgIpc) is 2.74. The maximum atomic E-state index is 11.2. The number of aryl methyl sites for hydroxylation is 4. The van der Waals surface area contributed by atoms with Crippen LogP contribution in [0.3, 0.4) is 0 Å². The fourth-order valence-corrected chi connectivity index (χ4v) is 2.33. The Morgan fingerprint density at radius 2 is 1.19 bits per heavy atom. The first-order chi connectivity index (χ1) is 16.3. The number of aromatic hydroxyl groups is 1. The topological polar surface area (TPSA) is 165 Å². The molecule has 0 unspecified atom stereocenters. The van der Waals surface area contributed by atoms with Crippen LogP contribution in [0.25, 0.3) is 11.5 Å². The summed E-state index contributed by atoms with van der Waals surface area (Å²) in [6, 6.07) is 6.53. The first kappa shape index (κ1) is 59.5.